The first-order valence-corrected chi connectivity index (χ1v) is 5.12. The average Bonchev–Trinajstić information content (AvgIpc) is 2.28. The minimum absolute atomic E-state index is 0.0197. The van der Waals surface area contributed by atoms with Gasteiger partial charge in [-0.1, -0.05) is 0 Å². The Bertz CT molecular complexity index is 421. The minimum Gasteiger partial charge on any atom is -0.504 e. The van der Waals surface area contributed by atoms with E-state index in [0.29, 0.717) is 6.07 Å². The molecule has 7 heteroatoms. The van der Waals surface area contributed by atoms with E-state index in [9.17, 15) is 23.4 Å². The molecule has 0 aromatic heterocycles. The number of aliphatic hydroxyl groups excluding tert-OH is 1. The first kappa shape index (κ1) is 14.6. The number of halogens is 3. The van der Waals surface area contributed by atoms with Crippen LogP contribution >= 0.6 is 0 Å². The molecular weight excluding hydrogens is 251 g/mol. The van der Waals surface area contributed by atoms with Gasteiger partial charge in [-0.15, -0.1) is 0 Å². The zero-order valence-electron chi connectivity index (χ0n) is 9.88. The topological polar surface area (TPSA) is 61.7 Å². The van der Waals surface area contributed by atoms with Gasteiger partial charge in [0.2, 0.25) is 0 Å². The van der Waals surface area contributed by atoms with Crippen molar-refractivity contribution in [1.82, 2.24) is 5.32 Å². The third-order valence-corrected chi connectivity index (χ3v) is 2.40. The van der Waals surface area contributed by atoms with Crippen molar-refractivity contribution >= 4 is 0 Å². The van der Waals surface area contributed by atoms with Crippen LogP contribution in [-0.4, -0.2) is 30.9 Å². The summed E-state index contributed by atoms with van der Waals surface area (Å²) in [5.74, 6) is -1.31. The number of hydrogen-bond acceptors (Lipinski definition) is 4. The molecule has 0 spiro atoms. The summed E-state index contributed by atoms with van der Waals surface area (Å²) in [6.45, 7) is 0.0885. The molecule has 0 heterocycles. The number of ether oxygens (including phenoxy) is 1. The van der Waals surface area contributed by atoms with Crippen LogP contribution in [0.25, 0.3) is 0 Å². The van der Waals surface area contributed by atoms with Gasteiger partial charge in [0.25, 0.3) is 0 Å². The van der Waals surface area contributed by atoms with E-state index in [1.807, 2.05) is 0 Å². The lowest BCUT2D eigenvalue weighted by Gasteiger charge is -2.17. The van der Waals surface area contributed by atoms with Gasteiger partial charge in [-0.3, -0.25) is 0 Å². The van der Waals surface area contributed by atoms with E-state index in [-0.39, 0.29) is 17.9 Å². The lowest BCUT2D eigenvalue weighted by Crippen LogP contribution is -2.17. The van der Waals surface area contributed by atoms with Crippen LogP contribution in [0.15, 0.2) is 12.1 Å². The lowest BCUT2D eigenvalue weighted by atomic mass is 10.0. The highest BCUT2D eigenvalue weighted by molar-refractivity contribution is 5.50. The van der Waals surface area contributed by atoms with Crippen molar-refractivity contribution in [3.05, 3.63) is 23.3 Å². The van der Waals surface area contributed by atoms with E-state index in [1.54, 1.807) is 7.05 Å². The summed E-state index contributed by atoms with van der Waals surface area (Å²) in [5, 5.41) is 21.7. The van der Waals surface area contributed by atoms with Crippen molar-refractivity contribution in [2.45, 2.75) is 12.3 Å². The summed E-state index contributed by atoms with van der Waals surface area (Å²) >= 11 is 0. The third kappa shape index (κ3) is 3.05. The number of likely N-dealkylation sites (N-methyl/N-ethyl adjacent to an activating group) is 1. The Morgan fingerprint density at radius 3 is 2.44 bits per heavy atom. The van der Waals surface area contributed by atoms with Gasteiger partial charge in [-0.05, 0) is 24.7 Å². The second-order valence-corrected chi connectivity index (χ2v) is 3.69. The van der Waals surface area contributed by atoms with E-state index < -0.39 is 23.6 Å². The fourth-order valence-electron chi connectivity index (χ4n) is 1.50. The SMILES string of the molecule is CNCC(O)c1cc(OC)c(O)c(C(F)(F)F)c1. The lowest BCUT2D eigenvalue weighted by molar-refractivity contribution is -0.139. The second-order valence-electron chi connectivity index (χ2n) is 3.69. The molecule has 1 aromatic carbocycles. The van der Waals surface area contributed by atoms with Crippen molar-refractivity contribution in [2.24, 2.45) is 0 Å². The molecule has 4 nitrogen and oxygen atoms in total. The molecule has 102 valence electrons. The van der Waals surface area contributed by atoms with Crippen molar-refractivity contribution in [3.63, 3.8) is 0 Å². The summed E-state index contributed by atoms with van der Waals surface area (Å²) in [6.07, 6.45) is -5.84. The van der Waals surface area contributed by atoms with Gasteiger partial charge in [0, 0.05) is 6.54 Å². The molecule has 1 aromatic rings. The standard InChI is InChI=1S/C11H14F3NO3/c1-15-5-8(16)6-3-7(11(12,13)14)10(17)9(4-6)18-2/h3-4,8,15-17H,5H2,1-2H3. The fourth-order valence-corrected chi connectivity index (χ4v) is 1.50. The smallest absolute Gasteiger partial charge is 0.420 e. The molecule has 3 N–H and O–H groups in total. The van der Waals surface area contributed by atoms with Crippen LogP contribution in [0.5, 0.6) is 11.5 Å². The summed E-state index contributed by atoms with van der Waals surface area (Å²) in [4.78, 5) is 0. The number of hydrogen-bond donors (Lipinski definition) is 3. The number of phenols is 1. The van der Waals surface area contributed by atoms with Gasteiger partial charge < -0.3 is 20.3 Å². The molecule has 1 rings (SSSR count). The van der Waals surface area contributed by atoms with Crippen LogP contribution in [0.3, 0.4) is 0 Å². The van der Waals surface area contributed by atoms with Crippen LogP contribution in [0.2, 0.25) is 0 Å². The quantitative estimate of drug-likeness (QED) is 0.775. The predicted octanol–water partition coefficient (Wildman–Crippen LogP) is 1.67. The first-order chi connectivity index (χ1) is 8.31. The van der Waals surface area contributed by atoms with Gasteiger partial charge in [0.1, 0.15) is 5.56 Å². The maximum atomic E-state index is 12.7. The number of aliphatic hydroxyl groups is 1. The largest absolute Gasteiger partial charge is 0.504 e. The predicted molar refractivity (Wildman–Crippen MR) is 58.5 cm³/mol. The molecule has 1 unspecified atom stereocenters. The molecule has 0 radical (unpaired) electrons. The number of benzene rings is 1. The third-order valence-electron chi connectivity index (χ3n) is 2.40. The normalized spacial score (nSPS) is 13.4. The maximum Gasteiger partial charge on any atom is 0.420 e. The highest BCUT2D eigenvalue weighted by atomic mass is 19.4. The summed E-state index contributed by atoms with van der Waals surface area (Å²) in [6, 6.07) is 1.88. The van der Waals surface area contributed by atoms with E-state index in [2.05, 4.69) is 10.1 Å². The molecule has 0 fully saturated rings. The number of rotatable bonds is 4. The van der Waals surface area contributed by atoms with Gasteiger partial charge in [-0.25, -0.2) is 0 Å². The molecular formula is C11H14F3NO3. The van der Waals surface area contributed by atoms with Gasteiger partial charge in [0.15, 0.2) is 11.5 Å². The Kier molecular flexibility index (Phi) is 4.42. The zero-order valence-corrected chi connectivity index (χ0v) is 9.88. The molecule has 0 amide bonds. The highest BCUT2D eigenvalue weighted by Gasteiger charge is 2.36. The molecule has 18 heavy (non-hydrogen) atoms. The number of alkyl halides is 3. The van der Waals surface area contributed by atoms with Crippen LogP contribution < -0.4 is 10.1 Å². The molecule has 0 bridgehead atoms. The summed E-state index contributed by atoms with van der Waals surface area (Å²) < 4.78 is 42.7. The zero-order chi connectivity index (χ0) is 13.9. The molecule has 0 saturated carbocycles. The van der Waals surface area contributed by atoms with Gasteiger partial charge in [-0.2, -0.15) is 13.2 Å². The molecule has 0 aliphatic carbocycles. The monoisotopic (exact) mass is 265 g/mol. The van der Waals surface area contributed by atoms with Gasteiger partial charge in [0.05, 0.1) is 13.2 Å². The van der Waals surface area contributed by atoms with Crippen LogP contribution in [0, 0.1) is 0 Å². The van der Waals surface area contributed by atoms with Crippen molar-refractivity contribution in [3.8, 4) is 11.5 Å². The van der Waals surface area contributed by atoms with Crippen LogP contribution in [0.1, 0.15) is 17.2 Å². The van der Waals surface area contributed by atoms with E-state index in [0.717, 1.165) is 7.11 Å². The highest BCUT2D eigenvalue weighted by Crippen LogP contribution is 2.42. The van der Waals surface area contributed by atoms with E-state index in [1.165, 1.54) is 6.07 Å². The fraction of sp³-hybridized carbons (Fsp3) is 0.455. The summed E-state index contributed by atoms with van der Waals surface area (Å²) in [7, 11) is 2.70. The van der Waals surface area contributed by atoms with Crippen molar-refractivity contribution in [2.75, 3.05) is 20.7 Å². The molecule has 0 aliphatic rings. The number of nitrogens with one attached hydrogen (secondary N) is 1. The molecule has 1 atom stereocenters. The molecule has 0 aliphatic heterocycles. The first-order valence-electron chi connectivity index (χ1n) is 5.12. The number of phenolic OH excluding ortho intramolecular Hbond substituents is 1. The number of aromatic hydroxyl groups is 1. The maximum absolute atomic E-state index is 12.7. The van der Waals surface area contributed by atoms with Crippen molar-refractivity contribution < 1.29 is 28.1 Å². The Morgan fingerprint density at radius 2 is 2.00 bits per heavy atom. The Labute approximate surface area is 102 Å². The Hall–Kier alpha value is -1.47. The number of methoxy groups -OCH3 is 1. The minimum atomic E-state index is -4.72. The van der Waals surface area contributed by atoms with Crippen molar-refractivity contribution in [1.29, 1.82) is 0 Å². The Balaban J connectivity index is 3.31. The molecule has 0 saturated heterocycles. The average molecular weight is 265 g/mol. The van der Waals surface area contributed by atoms with Crippen LogP contribution in [-0.2, 0) is 6.18 Å². The second kappa shape index (κ2) is 5.45. The van der Waals surface area contributed by atoms with E-state index >= 15 is 0 Å². The summed E-state index contributed by atoms with van der Waals surface area (Å²) in [5.41, 5.74) is -1.21. The van der Waals surface area contributed by atoms with E-state index in [4.69, 9.17) is 0 Å². The van der Waals surface area contributed by atoms with Gasteiger partial charge >= 0.3 is 6.18 Å². The van der Waals surface area contributed by atoms with Crippen LogP contribution in [0.4, 0.5) is 13.2 Å². The Morgan fingerprint density at radius 1 is 1.39 bits per heavy atom.